The van der Waals surface area contributed by atoms with Gasteiger partial charge in [-0.05, 0) is 30.2 Å². The molecule has 0 heterocycles. The highest BCUT2D eigenvalue weighted by Gasteiger charge is 2.05. The number of benzene rings is 1. The van der Waals surface area contributed by atoms with Gasteiger partial charge in [0.2, 0.25) is 0 Å². The van der Waals surface area contributed by atoms with Crippen molar-refractivity contribution in [1.29, 1.82) is 0 Å². The van der Waals surface area contributed by atoms with Crippen molar-refractivity contribution in [3.05, 3.63) is 40.4 Å². The fraction of sp³-hybridized carbons (Fsp3) is 0.250. The standard InChI is InChI=1S/C12H14ClNO2/c13-11-7-9(3-1-2-6-14)4-5-10(11)8-12(15)16/h1,3-5,7H,2,6,8,14H2,(H,15,16). The number of carboxylic acids is 1. The molecule has 0 unspecified atom stereocenters. The summed E-state index contributed by atoms with van der Waals surface area (Å²) in [6, 6.07) is 5.34. The Morgan fingerprint density at radius 2 is 2.25 bits per heavy atom. The van der Waals surface area contributed by atoms with Crippen LogP contribution in [0.3, 0.4) is 0 Å². The van der Waals surface area contributed by atoms with Gasteiger partial charge in [-0.2, -0.15) is 0 Å². The smallest absolute Gasteiger partial charge is 0.307 e. The van der Waals surface area contributed by atoms with Crippen LogP contribution in [-0.2, 0) is 11.2 Å². The Balaban J connectivity index is 2.78. The molecule has 0 aliphatic carbocycles. The van der Waals surface area contributed by atoms with Gasteiger partial charge in [0.1, 0.15) is 0 Å². The zero-order chi connectivity index (χ0) is 12.0. The average molecular weight is 240 g/mol. The molecule has 0 bridgehead atoms. The summed E-state index contributed by atoms with van der Waals surface area (Å²) in [5.74, 6) is -0.881. The van der Waals surface area contributed by atoms with E-state index in [4.69, 9.17) is 22.4 Å². The first-order valence-corrected chi connectivity index (χ1v) is 5.38. The lowest BCUT2D eigenvalue weighted by atomic mass is 10.1. The second-order valence-corrected chi connectivity index (χ2v) is 3.81. The zero-order valence-corrected chi connectivity index (χ0v) is 9.57. The van der Waals surface area contributed by atoms with Crippen molar-refractivity contribution < 1.29 is 9.90 Å². The summed E-state index contributed by atoms with van der Waals surface area (Å²) in [6.07, 6.45) is 4.64. The van der Waals surface area contributed by atoms with Crippen LogP contribution in [0.2, 0.25) is 5.02 Å². The third kappa shape index (κ3) is 4.04. The highest BCUT2D eigenvalue weighted by Crippen LogP contribution is 2.19. The minimum atomic E-state index is -0.881. The van der Waals surface area contributed by atoms with Gasteiger partial charge in [0, 0.05) is 5.02 Å². The molecule has 1 aromatic carbocycles. The van der Waals surface area contributed by atoms with Crippen LogP contribution in [0.5, 0.6) is 0 Å². The minimum Gasteiger partial charge on any atom is -0.481 e. The molecule has 0 spiro atoms. The Kier molecular flexibility index (Phi) is 5.02. The van der Waals surface area contributed by atoms with Crippen molar-refractivity contribution in [3.8, 4) is 0 Å². The Labute approximate surface area is 99.5 Å². The summed E-state index contributed by atoms with van der Waals surface area (Å²) in [6.45, 7) is 0.612. The third-order valence-electron chi connectivity index (χ3n) is 2.06. The van der Waals surface area contributed by atoms with E-state index < -0.39 is 5.97 Å². The third-order valence-corrected chi connectivity index (χ3v) is 2.41. The molecule has 0 amide bonds. The van der Waals surface area contributed by atoms with Crippen molar-refractivity contribution in [3.63, 3.8) is 0 Å². The Morgan fingerprint density at radius 1 is 1.50 bits per heavy atom. The maximum absolute atomic E-state index is 10.5. The fourth-order valence-electron chi connectivity index (χ4n) is 1.29. The second kappa shape index (κ2) is 6.30. The van der Waals surface area contributed by atoms with Gasteiger partial charge in [-0.15, -0.1) is 0 Å². The minimum absolute atomic E-state index is 0.0500. The molecule has 3 nitrogen and oxygen atoms in total. The molecule has 0 radical (unpaired) electrons. The van der Waals surface area contributed by atoms with Gasteiger partial charge in [-0.1, -0.05) is 35.9 Å². The van der Waals surface area contributed by atoms with E-state index in [-0.39, 0.29) is 6.42 Å². The Morgan fingerprint density at radius 3 is 2.81 bits per heavy atom. The predicted molar refractivity (Wildman–Crippen MR) is 65.5 cm³/mol. The molecule has 0 saturated heterocycles. The SMILES string of the molecule is NCCC=Cc1ccc(CC(=O)O)c(Cl)c1. The number of rotatable bonds is 5. The van der Waals surface area contributed by atoms with Gasteiger partial charge in [0.15, 0.2) is 0 Å². The molecule has 1 rings (SSSR count). The molecular weight excluding hydrogens is 226 g/mol. The molecular formula is C12H14ClNO2. The van der Waals surface area contributed by atoms with E-state index in [0.29, 0.717) is 17.1 Å². The van der Waals surface area contributed by atoms with Crippen molar-refractivity contribution in [2.75, 3.05) is 6.54 Å². The monoisotopic (exact) mass is 239 g/mol. The van der Waals surface area contributed by atoms with Gasteiger partial charge in [0.25, 0.3) is 0 Å². The van der Waals surface area contributed by atoms with E-state index in [2.05, 4.69) is 0 Å². The first-order valence-electron chi connectivity index (χ1n) is 5.00. The van der Waals surface area contributed by atoms with E-state index in [1.807, 2.05) is 18.2 Å². The van der Waals surface area contributed by atoms with Crippen LogP contribution in [0.25, 0.3) is 6.08 Å². The summed E-state index contributed by atoms with van der Waals surface area (Å²) in [5, 5.41) is 9.13. The summed E-state index contributed by atoms with van der Waals surface area (Å²) in [7, 11) is 0. The molecule has 0 aliphatic rings. The molecule has 16 heavy (non-hydrogen) atoms. The van der Waals surface area contributed by atoms with Crippen LogP contribution in [0.1, 0.15) is 17.5 Å². The molecule has 0 fully saturated rings. The van der Waals surface area contributed by atoms with Crippen LogP contribution in [-0.4, -0.2) is 17.6 Å². The number of nitrogens with two attached hydrogens (primary N) is 1. The van der Waals surface area contributed by atoms with Crippen molar-refractivity contribution in [2.45, 2.75) is 12.8 Å². The second-order valence-electron chi connectivity index (χ2n) is 3.40. The van der Waals surface area contributed by atoms with Crippen LogP contribution in [0, 0.1) is 0 Å². The molecule has 3 N–H and O–H groups in total. The number of aliphatic carboxylic acids is 1. The fourth-order valence-corrected chi connectivity index (χ4v) is 1.54. The topological polar surface area (TPSA) is 63.3 Å². The number of carbonyl (C=O) groups is 1. The van der Waals surface area contributed by atoms with Gasteiger partial charge in [-0.25, -0.2) is 0 Å². The van der Waals surface area contributed by atoms with Crippen molar-refractivity contribution in [1.82, 2.24) is 0 Å². The van der Waals surface area contributed by atoms with Crippen molar-refractivity contribution in [2.24, 2.45) is 5.73 Å². The van der Waals surface area contributed by atoms with Gasteiger partial charge < -0.3 is 10.8 Å². The van der Waals surface area contributed by atoms with Gasteiger partial charge in [0.05, 0.1) is 6.42 Å². The van der Waals surface area contributed by atoms with Crippen LogP contribution >= 0.6 is 11.6 Å². The maximum atomic E-state index is 10.5. The van der Waals surface area contributed by atoms with E-state index in [1.165, 1.54) is 0 Å². The predicted octanol–water partition coefficient (Wildman–Crippen LogP) is 2.33. The molecule has 1 aromatic rings. The van der Waals surface area contributed by atoms with Crippen molar-refractivity contribution >= 4 is 23.6 Å². The highest BCUT2D eigenvalue weighted by molar-refractivity contribution is 6.31. The average Bonchev–Trinajstić information content (AvgIpc) is 2.22. The molecule has 4 heteroatoms. The van der Waals surface area contributed by atoms with E-state index in [9.17, 15) is 4.79 Å². The van der Waals surface area contributed by atoms with Gasteiger partial charge in [-0.3, -0.25) is 4.79 Å². The summed E-state index contributed by atoms with van der Waals surface area (Å²) < 4.78 is 0. The normalized spacial score (nSPS) is 10.9. The quantitative estimate of drug-likeness (QED) is 0.829. The van der Waals surface area contributed by atoms with Crippen LogP contribution < -0.4 is 5.73 Å². The van der Waals surface area contributed by atoms with Crippen LogP contribution in [0.4, 0.5) is 0 Å². The zero-order valence-electron chi connectivity index (χ0n) is 8.82. The molecule has 0 aliphatic heterocycles. The summed E-state index contributed by atoms with van der Waals surface area (Å²) in [4.78, 5) is 10.5. The molecule has 0 atom stereocenters. The summed E-state index contributed by atoms with van der Waals surface area (Å²) >= 11 is 5.96. The molecule has 0 aromatic heterocycles. The first-order chi connectivity index (χ1) is 7.63. The Hall–Kier alpha value is -1.32. The highest BCUT2D eigenvalue weighted by atomic mass is 35.5. The number of halogens is 1. The lowest BCUT2D eigenvalue weighted by Gasteiger charge is -2.02. The molecule has 86 valence electrons. The maximum Gasteiger partial charge on any atom is 0.307 e. The van der Waals surface area contributed by atoms with E-state index >= 15 is 0 Å². The largest absolute Gasteiger partial charge is 0.481 e. The first kappa shape index (κ1) is 12.7. The van der Waals surface area contributed by atoms with E-state index in [1.54, 1.807) is 12.1 Å². The lowest BCUT2D eigenvalue weighted by Crippen LogP contribution is -2.00. The number of hydrogen-bond acceptors (Lipinski definition) is 2. The Bertz CT molecular complexity index is 402. The van der Waals surface area contributed by atoms with E-state index in [0.717, 1.165) is 12.0 Å². The number of hydrogen-bond donors (Lipinski definition) is 2. The number of carboxylic acid groups (broad SMARTS) is 1. The summed E-state index contributed by atoms with van der Waals surface area (Å²) in [5.41, 5.74) is 6.94. The lowest BCUT2D eigenvalue weighted by molar-refractivity contribution is -0.136. The van der Waals surface area contributed by atoms with Crippen LogP contribution in [0.15, 0.2) is 24.3 Å². The van der Waals surface area contributed by atoms with Gasteiger partial charge >= 0.3 is 5.97 Å². The molecule has 0 saturated carbocycles.